The summed E-state index contributed by atoms with van der Waals surface area (Å²) in [5.41, 5.74) is 4.76. The van der Waals surface area contributed by atoms with Crippen molar-refractivity contribution in [1.82, 2.24) is 9.97 Å². The summed E-state index contributed by atoms with van der Waals surface area (Å²) in [6.45, 7) is -0.0178. The average molecular weight is 183 g/mol. The monoisotopic (exact) mass is 183 g/mol. The Hall–Kier alpha value is -1.69. The second kappa shape index (κ2) is 4.36. The van der Waals surface area contributed by atoms with Crippen LogP contribution in [0.25, 0.3) is 0 Å². The molecule has 1 amide bonds. The predicted octanol–water partition coefficient (Wildman–Crippen LogP) is -0.531. The Morgan fingerprint density at radius 2 is 2.15 bits per heavy atom. The molecule has 0 atom stereocenters. The van der Waals surface area contributed by atoms with Gasteiger partial charge in [-0.1, -0.05) is 0 Å². The molecule has 0 radical (unpaired) electrons. The molecule has 1 aromatic rings. The normalized spacial score (nSPS) is 9.62. The van der Waals surface area contributed by atoms with Crippen molar-refractivity contribution in [2.75, 3.05) is 6.61 Å². The third kappa shape index (κ3) is 3.04. The van der Waals surface area contributed by atoms with Crippen LogP contribution in [0.4, 0.5) is 4.79 Å². The number of hydrogen-bond donors (Lipinski definition) is 2. The summed E-state index contributed by atoms with van der Waals surface area (Å²) in [4.78, 5) is 17.9. The standard InChI is InChI=1S/C7H9N3O3/c8-7(12)13-5-3-9-6(1-2-11)10-4-5/h3-4,11H,1-2H2,(H2,8,12). The molecule has 6 heteroatoms. The van der Waals surface area contributed by atoms with Crippen LogP contribution in [0.15, 0.2) is 12.4 Å². The van der Waals surface area contributed by atoms with Crippen LogP contribution in [0, 0.1) is 0 Å². The first-order valence-corrected chi connectivity index (χ1v) is 3.61. The van der Waals surface area contributed by atoms with Crippen LogP contribution < -0.4 is 10.5 Å². The molecule has 0 saturated heterocycles. The molecule has 0 fully saturated rings. The number of hydrogen-bond acceptors (Lipinski definition) is 5. The number of nitrogens with zero attached hydrogens (tertiary/aromatic N) is 2. The smallest absolute Gasteiger partial charge is 0.407 e. The number of carbonyl (C=O) groups excluding carboxylic acids is 1. The van der Waals surface area contributed by atoms with E-state index in [9.17, 15) is 4.79 Å². The molecular formula is C7H9N3O3. The van der Waals surface area contributed by atoms with Gasteiger partial charge in [0.25, 0.3) is 0 Å². The Balaban J connectivity index is 2.64. The zero-order valence-corrected chi connectivity index (χ0v) is 6.80. The summed E-state index contributed by atoms with van der Waals surface area (Å²) in [7, 11) is 0. The van der Waals surface area contributed by atoms with Crippen molar-refractivity contribution in [3.63, 3.8) is 0 Å². The number of aromatic nitrogens is 2. The number of amides is 1. The molecule has 70 valence electrons. The van der Waals surface area contributed by atoms with Crippen molar-refractivity contribution in [1.29, 1.82) is 0 Å². The minimum atomic E-state index is -0.904. The highest BCUT2D eigenvalue weighted by Crippen LogP contribution is 2.05. The maximum atomic E-state index is 10.3. The summed E-state index contributed by atoms with van der Waals surface area (Å²) in [5, 5.41) is 8.55. The van der Waals surface area contributed by atoms with Crippen LogP contribution in [0.3, 0.4) is 0 Å². The highest BCUT2D eigenvalue weighted by Gasteiger charge is 2.00. The lowest BCUT2D eigenvalue weighted by Gasteiger charge is -1.99. The van der Waals surface area contributed by atoms with Crippen molar-refractivity contribution in [2.24, 2.45) is 5.73 Å². The molecule has 0 bridgehead atoms. The van der Waals surface area contributed by atoms with E-state index >= 15 is 0 Å². The highest BCUT2D eigenvalue weighted by atomic mass is 16.5. The molecule has 0 saturated carbocycles. The van der Waals surface area contributed by atoms with Crippen LogP contribution in [0.2, 0.25) is 0 Å². The van der Waals surface area contributed by atoms with Gasteiger partial charge in [-0.2, -0.15) is 0 Å². The fourth-order valence-corrected chi connectivity index (χ4v) is 0.741. The zero-order chi connectivity index (χ0) is 9.68. The van der Waals surface area contributed by atoms with Gasteiger partial charge in [-0.15, -0.1) is 0 Å². The summed E-state index contributed by atoms with van der Waals surface area (Å²) in [6, 6.07) is 0. The summed E-state index contributed by atoms with van der Waals surface area (Å²) in [5.74, 6) is 0.675. The minimum absolute atomic E-state index is 0.0178. The highest BCUT2D eigenvalue weighted by molar-refractivity contribution is 5.67. The largest absolute Gasteiger partial charge is 0.410 e. The molecule has 0 aliphatic carbocycles. The molecule has 1 heterocycles. The maximum Gasteiger partial charge on any atom is 0.410 e. The first kappa shape index (κ1) is 9.40. The Bertz CT molecular complexity index is 286. The topological polar surface area (TPSA) is 98.3 Å². The Morgan fingerprint density at radius 1 is 1.54 bits per heavy atom. The Kier molecular flexibility index (Phi) is 3.15. The van der Waals surface area contributed by atoms with Gasteiger partial charge in [0, 0.05) is 6.42 Å². The first-order valence-electron chi connectivity index (χ1n) is 3.61. The summed E-state index contributed by atoms with van der Waals surface area (Å²) < 4.78 is 4.50. The molecule has 0 aliphatic rings. The molecule has 0 spiro atoms. The minimum Gasteiger partial charge on any atom is -0.407 e. The SMILES string of the molecule is NC(=O)Oc1cnc(CCO)nc1. The van der Waals surface area contributed by atoms with Gasteiger partial charge in [0.05, 0.1) is 19.0 Å². The molecule has 1 aromatic heterocycles. The molecular weight excluding hydrogens is 174 g/mol. The quantitative estimate of drug-likeness (QED) is 0.656. The number of primary amides is 1. The predicted molar refractivity (Wildman–Crippen MR) is 43.0 cm³/mol. The van der Waals surface area contributed by atoms with Crippen LogP contribution in [0.1, 0.15) is 5.82 Å². The van der Waals surface area contributed by atoms with E-state index in [2.05, 4.69) is 14.7 Å². The Labute approximate surface area is 74.4 Å². The Morgan fingerprint density at radius 3 is 2.62 bits per heavy atom. The molecule has 0 aromatic carbocycles. The lowest BCUT2D eigenvalue weighted by Crippen LogP contribution is -2.16. The van der Waals surface area contributed by atoms with E-state index in [-0.39, 0.29) is 12.4 Å². The van der Waals surface area contributed by atoms with Crippen molar-refractivity contribution in [3.8, 4) is 5.75 Å². The van der Waals surface area contributed by atoms with Gasteiger partial charge >= 0.3 is 6.09 Å². The van der Waals surface area contributed by atoms with Crippen molar-refractivity contribution < 1.29 is 14.6 Å². The number of nitrogens with two attached hydrogens (primary N) is 1. The van der Waals surface area contributed by atoms with Gasteiger partial charge in [-0.3, -0.25) is 0 Å². The van der Waals surface area contributed by atoms with E-state index < -0.39 is 6.09 Å². The summed E-state index contributed by atoms with van der Waals surface area (Å²) in [6.07, 6.45) is 2.11. The lowest BCUT2D eigenvalue weighted by atomic mass is 10.4. The zero-order valence-electron chi connectivity index (χ0n) is 6.80. The fourth-order valence-electron chi connectivity index (χ4n) is 0.741. The van der Waals surface area contributed by atoms with E-state index in [1.165, 1.54) is 12.4 Å². The van der Waals surface area contributed by atoms with Crippen LogP contribution >= 0.6 is 0 Å². The number of ether oxygens (including phenoxy) is 1. The van der Waals surface area contributed by atoms with Gasteiger partial charge in [0.1, 0.15) is 5.82 Å². The molecule has 0 aliphatic heterocycles. The van der Waals surface area contributed by atoms with Crippen molar-refractivity contribution >= 4 is 6.09 Å². The second-order valence-corrected chi connectivity index (χ2v) is 2.23. The summed E-state index contributed by atoms with van der Waals surface area (Å²) >= 11 is 0. The van der Waals surface area contributed by atoms with Gasteiger partial charge in [-0.05, 0) is 0 Å². The van der Waals surface area contributed by atoms with E-state index in [0.717, 1.165) is 0 Å². The van der Waals surface area contributed by atoms with Crippen LogP contribution in [0.5, 0.6) is 5.75 Å². The third-order valence-corrected chi connectivity index (χ3v) is 1.24. The van der Waals surface area contributed by atoms with E-state index in [1.54, 1.807) is 0 Å². The van der Waals surface area contributed by atoms with Gasteiger partial charge in [0.2, 0.25) is 0 Å². The fraction of sp³-hybridized carbons (Fsp3) is 0.286. The molecule has 6 nitrogen and oxygen atoms in total. The van der Waals surface area contributed by atoms with E-state index in [0.29, 0.717) is 12.2 Å². The number of rotatable bonds is 3. The van der Waals surface area contributed by atoms with Crippen molar-refractivity contribution in [3.05, 3.63) is 18.2 Å². The second-order valence-electron chi connectivity index (χ2n) is 2.23. The molecule has 0 unspecified atom stereocenters. The van der Waals surface area contributed by atoms with E-state index in [1.807, 2.05) is 0 Å². The van der Waals surface area contributed by atoms with Crippen molar-refractivity contribution in [2.45, 2.75) is 6.42 Å². The number of aliphatic hydroxyl groups excluding tert-OH is 1. The van der Waals surface area contributed by atoms with Crippen LogP contribution in [-0.4, -0.2) is 27.8 Å². The molecule has 1 rings (SSSR count). The van der Waals surface area contributed by atoms with Gasteiger partial charge < -0.3 is 15.6 Å². The number of carbonyl (C=O) groups is 1. The van der Waals surface area contributed by atoms with Gasteiger partial charge in [0.15, 0.2) is 5.75 Å². The third-order valence-electron chi connectivity index (χ3n) is 1.24. The van der Waals surface area contributed by atoms with Crippen LogP contribution in [-0.2, 0) is 6.42 Å². The lowest BCUT2D eigenvalue weighted by molar-refractivity contribution is 0.210. The van der Waals surface area contributed by atoms with Gasteiger partial charge in [-0.25, -0.2) is 14.8 Å². The number of aliphatic hydroxyl groups is 1. The van der Waals surface area contributed by atoms with E-state index in [4.69, 9.17) is 10.8 Å². The average Bonchev–Trinajstić information content (AvgIpc) is 2.08. The maximum absolute atomic E-state index is 10.3. The molecule has 3 N–H and O–H groups in total. The molecule has 13 heavy (non-hydrogen) atoms. The first-order chi connectivity index (χ1) is 6.22.